The van der Waals surface area contributed by atoms with Crippen molar-refractivity contribution in [3.63, 3.8) is 0 Å². The van der Waals surface area contributed by atoms with Crippen LogP contribution in [0.1, 0.15) is 25.6 Å². The van der Waals surface area contributed by atoms with E-state index in [0.717, 1.165) is 10.9 Å². The number of aliphatic hydroxyl groups is 2. The van der Waals surface area contributed by atoms with E-state index in [-0.39, 0.29) is 30.7 Å². The number of fused-ring (bicyclic) bond motifs is 2. The molecule has 2 aromatic heterocycles. The molecule has 0 amide bonds. The predicted octanol–water partition coefficient (Wildman–Crippen LogP) is 3.66. The highest BCUT2D eigenvalue weighted by atomic mass is 127. The molecular formula is C32H33IN7O8P. The van der Waals surface area contributed by atoms with Crippen molar-refractivity contribution in [2.75, 3.05) is 24.7 Å². The van der Waals surface area contributed by atoms with E-state index in [1.807, 2.05) is 65.1 Å². The molecule has 15 nitrogen and oxygen atoms in total. The minimum atomic E-state index is -2.75. The van der Waals surface area contributed by atoms with Gasteiger partial charge >= 0.3 is 14.1 Å². The average molecular weight is 802 g/mol. The van der Waals surface area contributed by atoms with Gasteiger partial charge in [-0.2, -0.15) is 9.97 Å². The smallest absolute Gasteiger partial charge is 0.395 e. The molecule has 49 heavy (non-hydrogen) atoms. The van der Waals surface area contributed by atoms with Gasteiger partial charge in [0.1, 0.15) is 31.0 Å². The zero-order valence-electron chi connectivity index (χ0n) is 26.6. The van der Waals surface area contributed by atoms with Crippen LogP contribution in [0.4, 0.5) is 11.8 Å². The Morgan fingerprint density at radius 3 is 2.67 bits per heavy atom. The summed E-state index contributed by atoms with van der Waals surface area (Å²) in [6.07, 6.45) is -3.57. The number of nitrogens with zero attached hydrogens (tertiary/aromatic N) is 5. The lowest BCUT2D eigenvalue weighted by Crippen LogP contribution is -2.45. The third-order valence-corrected chi connectivity index (χ3v) is 9.62. The summed E-state index contributed by atoms with van der Waals surface area (Å²) >= 11 is 1.98. The van der Waals surface area contributed by atoms with Crippen LogP contribution in [0.2, 0.25) is 0 Å². The van der Waals surface area contributed by atoms with Crippen LogP contribution >= 0.6 is 30.8 Å². The number of aromatic nitrogens is 4. The molecule has 3 heterocycles. The number of carbonyl (C=O) groups is 1. The largest absolute Gasteiger partial charge is 0.575 e. The van der Waals surface area contributed by atoms with Gasteiger partial charge in [-0.3, -0.25) is 9.09 Å². The van der Waals surface area contributed by atoms with Crippen molar-refractivity contribution in [3.05, 3.63) is 76.1 Å². The molecule has 256 valence electrons. The fourth-order valence-electron chi connectivity index (χ4n) is 5.44. The lowest BCUT2D eigenvalue weighted by Gasteiger charge is -2.27. The standard InChI is InChI=1S/C32H33IN7O8P/c1-17(28(42)46-15-18-9-5-4-6-10-18)39-49(44)48-24-20-12-8-7-11-19(20)13-14-21(24)45-16-22-25(41)32(2,43)29(47-22)40-27-23(36-30(40)33)26(35-3)37-31(34)38-27/h4-14,17,22,25,29,41,43H,15-16H2,1-3H3,(H3,34,35,37,38)/t17-,22+,25+,29+,32+/m0/s1. The summed E-state index contributed by atoms with van der Waals surface area (Å²) in [7, 11) is -1.08. The third-order valence-electron chi connectivity index (χ3n) is 7.99. The summed E-state index contributed by atoms with van der Waals surface area (Å²) in [5.41, 5.74) is 5.64. The Balaban J connectivity index is 1.22. The second-order valence-electron chi connectivity index (χ2n) is 11.4. The molecule has 3 aromatic carbocycles. The predicted molar refractivity (Wildman–Crippen MR) is 188 cm³/mol. The zero-order chi connectivity index (χ0) is 34.9. The Hall–Kier alpha value is -4.19. The monoisotopic (exact) mass is 801 g/mol. The molecular weight excluding hydrogens is 768 g/mol. The number of nitrogens with two attached hydrogens (primary N) is 1. The van der Waals surface area contributed by atoms with E-state index in [4.69, 9.17) is 24.5 Å². The van der Waals surface area contributed by atoms with Gasteiger partial charge in [0.15, 0.2) is 38.8 Å². The molecule has 0 bridgehead atoms. The van der Waals surface area contributed by atoms with Gasteiger partial charge in [0.05, 0.1) is 0 Å². The molecule has 1 unspecified atom stereocenters. The highest BCUT2D eigenvalue weighted by Gasteiger charge is 2.54. The van der Waals surface area contributed by atoms with Gasteiger partial charge in [-0.05, 0) is 30.9 Å². The Labute approximate surface area is 295 Å². The second-order valence-corrected chi connectivity index (χ2v) is 13.3. The molecule has 0 saturated carbocycles. The number of anilines is 2. The molecule has 5 N–H and O–H groups in total. The average Bonchev–Trinajstić information content (AvgIpc) is 3.53. The van der Waals surface area contributed by atoms with Crippen molar-refractivity contribution in [2.45, 2.75) is 50.5 Å². The third kappa shape index (κ3) is 7.11. The van der Waals surface area contributed by atoms with Crippen LogP contribution in [-0.2, 0) is 20.9 Å². The number of nitrogen functional groups attached to an aromatic ring is 1. The Morgan fingerprint density at radius 1 is 1.18 bits per heavy atom. The quantitative estimate of drug-likeness (QED) is 0.0651. The number of nitrogens with one attached hydrogen (secondary N) is 1. The minimum Gasteiger partial charge on any atom is -0.575 e. The zero-order valence-corrected chi connectivity index (χ0v) is 29.6. The number of hydrogen-bond donors (Lipinski definition) is 4. The van der Waals surface area contributed by atoms with E-state index in [1.165, 1.54) is 13.8 Å². The van der Waals surface area contributed by atoms with Crippen LogP contribution in [0.15, 0.2) is 71.5 Å². The molecule has 1 aliphatic heterocycles. The molecule has 0 spiro atoms. The van der Waals surface area contributed by atoms with Crippen LogP contribution in [0.5, 0.6) is 11.5 Å². The van der Waals surface area contributed by atoms with Crippen LogP contribution in [0, 0.1) is 3.83 Å². The topological polar surface area (TPSA) is 212 Å². The number of imidazole rings is 1. The molecule has 5 aromatic rings. The summed E-state index contributed by atoms with van der Waals surface area (Å²) in [6, 6.07) is 18.7. The van der Waals surface area contributed by atoms with E-state index in [0.29, 0.717) is 26.2 Å². The Morgan fingerprint density at radius 2 is 1.92 bits per heavy atom. The molecule has 6 atom stereocenters. The molecule has 1 fully saturated rings. The number of rotatable bonds is 11. The number of hydrogen-bond acceptors (Lipinski definition) is 14. The highest BCUT2D eigenvalue weighted by Crippen LogP contribution is 2.43. The summed E-state index contributed by atoms with van der Waals surface area (Å²) in [6.45, 7) is 2.73. The van der Waals surface area contributed by atoms with Crippen molar-refractivity contribution in [3.8, 4) is 11.5 Å². The van der Waals surface area contributed by atoms with Crippen molar-refractivity contribution < 1.29 is 38.6 Å². The molecule has 0 aliphatic carbocycles. The minimum absolute atomic E-state index is 0.0140. The van der Waals surface area contributed by atoms with Crippen LogP contribution in [-0.4, -0.2) is 73.2 Å². The Kier molecular flexibility index (Phi) is 10.1. The molecule has 6 rings (SSSR count). The van der Waals surface area contributed by atoms with Crippen LogP contribution < -0.4 is 25.2 Å². The number of carbonyl (C=O) groups excluding carboxylic acids is 1. The fourth-order valence-corrected chi connectivity index (χ4v) is 6.93. The van der Waals surface area contributed by atoms with Crippen molar-refractivity contribution in [1.29, 1.82) is 0 Å². The summed E-state index contributed by atoms with van der Waals surface area (Å²) < 4.78 is 29.4. The maximum absolute atomic E-state index is 13.1. The fraction of sp³-hybridized carbons (Fsp3) is 0.312. The summed E-state index contributed by atoms with van der Waals surface area (Å²) in [4.78, 5) is 38.7. The van der Waals surface area contributed by atoms with E-state index in [2.05, 4.69) is 25.0 Å². The van der Waals surface area contributed by atoms with Crippen molar-refractivity contribution in [2.24, 2.45) is 4.74 Å². The number of halogens is 1. The summed E-state index contributed by atoms with van der Waals surface area (Å²) in [5.74, 6) is 0.0168. The van der Waals surface area contributed by atoms with Crippen LogP contribution in [0.25, 0.3) is 21.9 Å². The number of benzene rings is 3. The summed E-state index contributed by atoms with van der Waals surface area (Å²) in [5, 5.41) is 27.0. The number of ether oxygens (including phenoxy) is 3. The second kappa shape index (κ2) is 14.3. The maximum atomic E-state index is 13.1. The van der Waals surface area contributed by atoms with Crippen LogP contribution in [0.3, 0.4) is 0 Å². The molecule has 1 saturated heterocycles. The van der Waals surface area contributed by atoms with Gasteiger partial charge in [0, 0.05) is 35.0 Å². The van der Waals surface area contributed by atoms with E-state index in [9.17, 15) is 19.9 Å². The SMILES string of the molecule is CNc1nc(N)nc2c1nc(I)n2[C@@H]1O[C@H](COc2ccc3ccccc3c2O[P+]([O-])=N[C@@H](C)C(=O)OCc2ccccc2)[C@@H](O)[C@@]1(C)O. The normalized spacial score (nSPS) is 21.5. The van der Waals surface area contributed by atoms with E-state index < -0.39 is 44.2 Å². The van der Waals surface area contributed by atoms with Gasteiger partial charge < -0.3 is 40.4 Å². The van der Waals surface area contributed by atoms with E-state index in [1.54, 1.807) is 35.9 Å². The van der Waals surface area contributed by atoms with Gasteiger partial charge in [-0.15, -0.1) is 0 Å². The number of esters is 1. The first-order valence-electron chi connectivity index (χ1n) is 15.1. The van der Waals surface area contributed by atoms with Gasteiger partial charge in [0.25, 0.3) is 0 Å². The first-order valence-corrected chi connectivity index (χ1v) is 17.3. The first kappa shape index (κ1) is 34.7. The highest BCUT2D eigenvalue weighted by molar-refractivity contribution is 14.1. The lowest BCUT2D eigenvalue weighted by molar-refractivity contribution is -0.169. The lowest BCUT2D eigenvalue weighted by atomic mass is 9.96. The van der Waals surface area contributed by atoms with Gasteiger partial charge in [0.2, 0.25) is 11.7 Å². The van der Waals surface area contributed by atoms with E-state index >= 15 is 0 Å². The molecule has 17 heteroatoms. The Bertz CT molecular complexity index is 2030. The van der Waals surface area contributed by atoms with Gasteiger partial charge in [-0.1, -0.05) is 65.4 Å². The number of aliphatic hydroxyl groups excluding tert-OH is 1. The van der Waals surface area contributed by atoms with Gasteiger partial charge in [-0.25, -0.2) is 9.78 Å². The molecule has 1 aliphatic rings. The van der Waals surface area contributed by atoms with Crippen molar-refractivity contribution >= 4 is 70.4 Å². The first-order chi connectivity index (χ1) is 23.5. The maximum Gasteiger partial charge on any atom is 0.395 e. The molecule has 0 radical (unpaired) electrons. The van der Waals surface area contributed by atoms with Crippen molar-refractivity contribution in [1.82, 2.24) is 19.5 Å².